The van der Waals surface area contributed by atoms with Gasteiger partial charge in [0.1, 0.15) is 5.82 Å². The van der Waals surface area contributed by atoms with Gasteiger partial charge in [-0.2, -0.15) is 0 Å². The molecule has 3 heteroatoms. The van der Waals surface area contributed by atoms with Gasteiger partial charge in [-0.3, -0.25) is 0 Å². The molecule has 1 aromatic rings. The van der Waals surface area contributed by atoms with Gasteiger partial charge in [0.05, 0.1) is 5.69 Å². The minimum absolute atomic E-state index is 0.662. The molecule has 3 nitrogen and oxygen atoms in total. The summed E-state index contributed by atoms with van der Waals surface area (Å²) in [5, 5.41) is 3.46. The zero-order valence-corrected chi connectivity index (χ0v) is 9.30. The summed E-state index contributed by atoms with van der Waals surface area (Å²) >= 11 is 0. The molecule has 0 aromatic carbocycles. The topological polar surface area (TPSA) is 29.9 Å². The second kappa shape index (κ2) is 3.73. The van der Waals surface area contributed by atoms with Crippen LogP contribution >= 0.6 is 0 Å². The molecular formula is C11H19N3. The van der Waals surface area contributed by atoms with Crippen LogP contribution in [0.3, 0.4) is 0 Å². The van der Waals surface area contributed by atoms with Gasteiger partial charge in [-0.05, 0) is 33.2 Å². The third-order valence-electron chi connectivity index (χ3n) is 3.23. The molecule has 1 aliphatic rings. The predicted molar refractivity (Wildman–Crippen MR) is 57.5 cm³/mol. The highest BCUT2D eigenvalue weighted by Crippen LogP contribution is 2.25. The molecular weight excluding hydrogens is 174 g/mol. The highest BCUT2D eigenvalue weighted by molar-refractivity contribution is 5.20. The molecule has 1 fully saturated rings. The second-order valence-corrected chi connectivity index (χ2v) is 4.23. The van der Waals surface area contributed by atoms with E-state index in [-0.39, 0.29) is 0 Å². The highest BCUT2D eigenvalue weighted by Gasteiger charge is 2.21. The average Bonchev–Trinajstić information content (AvgIpc) is 2.43. The van der Waals surface area contributed by atoms with E-state index in [0.29, 0.717) is 5.92 Å². The Bertz CT molecular complexity index is 322. The molecule has 1 aromatic heterocycles. The van der Waals surface area contributed by atoms with Gasteiger partial charge < -0.3 is 9.88 Å². The van der Waals surface area contributed by atoms with E-state index < -0.39 is 0 Å². The van der Waals surface area contributed by atoms with Gasteiger partial charge in [0.2, 0.25) is 0 Å². The molecule has 0 amide bonds. The van der Waals surface area contributed by atoms with Crippen molar-refractivity contribution >= 4 is 0 Å². The Labute approximate surface area is 85.5 Å². The van der Waals surface area contributed by atoms with Gasteiger partial charge in [-0.1, -0.05) is 0 Å². The number of nitrogens with zero attached hydrogens (tertiary/aromatic N) is 2. The maximum absolute atomic E-state index is 4.52. The van der Waals surface area contributed by atoms with Crippen LogP contribution in [-0.4, -0.2) is 22.6 Å². The number of hydrogen-bond donors (Lipinski definition) is 1. The molecule has 0 spiro atoms. The van der Waals surface area contributed by atoms with Crippen LogP contribution in [0.4, 0.5) is 0 Å². The van der Waals surface area contributed by atoms with Gasteiger partial charge >= 0.3 is 0 Å². The van der Waals surface area contributed by atoms with Crippen molar-refractivity contribution in [2.75, 3.05) is 13.1 Å². The smallest absolute Gasteiger partial charge is 0.105 e. The van der Waals surface area contributed by atoms with Crippen molar-refractivity contribution in [2.45, 2.75) is 32.6 Å². The number of rotatable bonds is 1. The van der Waals surface area contributed by atoms with Crippen molar-refractivity contribution in [2.24, 2.45) is 7.05 Å². The van der Waals surface area contributed by atoms with Gasteiger partial charge in [-0.25, -0.2) is 4.98 Å². The molecule has 2 heterocycles. The summed E-state index contributed by atoms with van der Waals surface area (Å²) in [5.74, 6) is 1.79. The first-order valence-corrected chi connectivity index (χ1v) is 5.40. The third-order valence-corrected chi connectivity index (χ3v) is 3.23. The first-order valence-electron chi connectivity index (χ1n) is 5.40. The van der Waals surface area contributed by atoms with E-state index in [9.17, 15) is 0 Å². The molecule has 0 aliphatic carbocycles. The minimum Gasteiger partial charge on any atom is -0.335 e. The lowest BCUT2D eigenvalue weighted by molar-refractivity contribution is 0.444. The maximum atomic E-state index is 4.52. The van der Waals surface area contributed by atoms with Crippen molar-refractivity contribution < 1.29 is 0 Å². The Kier molecular flexibility index (Phi) is 2.59. The quantitative estimate of drug-likeness (QED) is 0.732. The van der Waals surface area contributed by atoms with Gasteiger partial charge in [0, 0.05) is 25.2 Å². The summed E-state index contributed by atoms with van der Waals surface area (Å²) in [6, 6.07) is 0. The monoisotopic (exact) mass is 193 g/mol. The zero-order valence-electron chi connectivity index (χ0n) is 9.30. The van der Waals surface area contributed by atoms with Crippen LogP contribution in [0.2, 0.25) is 0 Å². The van der Waals surface area contributed by atoms with E-state index in [4.69, 9.17) is 0 Å². The third kappa shape index (κ3) is 1.57. The standard InChI is InChI=1S/C11H19N3/c1-8-11(14(3)9(2)13-8)10-5-4-6-12-7-10/h10,12H,4-7H2,1-3H3. The lowest BCUT2D eigenvalue weighted by atomic mass is 9.95. The minimum atomic E-state index is 0.662. The summed E-state index contributed by atoms with van der Waals surface area (Å²) in [7, 11) is 2.12. The summed E-state index contributed by atoms with van der Waals surface area (Å²) in [4.78, 5) is 4.52. The Hall–Kier alpha value is -0.830. The van der Waals surface area contributed by atoms with Crippen LogP contribution in [-0.2, 0) is 7.05 Å². The van der Waals surface area contributed by atoms with E-state index in [2.05, 4.69) is 35.8 Å². The van der Waals surface area contributed by atoms with E-state index in [1.54, 1.807) is 0 Å². The largest absolute Gasteiger partial charge is 0.335 e. The fourth-order valence-corrected chi connectivity index (χ4v) is 2.45. The average molecular weight is 193 g/mol. The van der Waals surface area contributed by atoms with Crippen LogP contribution in [0.15, 0.2) is 0 Å². The number of nitrogens with one attached hydrogen (secondary N) is 1. The number of piperidine rings is 1. The van der Waals surface area contributed by atoms with E-state index in [1.165, 1.54) is 30.8 Å². The van der Waals surface area contributed by atoms with Crippen molar-refractivity contribution in [1.29, 1.82) is 0 Å². The van der Waals surface area contributed by atoms with E-state index >= 15 is 0 Å². The Morgan fingerprint density at radius 1 is 1.43 bits per heavy atom. The molecule has 0 radical (unpaired) electrons. The Balaban J connectivity index is 2.29. The Morgan fingerprint density at radius 2 is 2.21 bits per heavy atom. The molecule has 2 rings (SSSR count). The fourth-order valence-electron chi connectivity index (χ4n) is 2.45. The molecule has 1 atom stereocenters. The van der Waals surface area contributed by atoms with Crippen molar-refractivity contribution in [3.05, 3.63) is 17.2 Å². The van der Waals surface area contributed by atoms with Crippen LogP contribution in [0.5, 0.6) is 0 Å². The zero-order chi connectivity index (χ0) is 10.1. The number of imidazole rings is 1. The molecule has 1 saturated heterocycles. The number of aromatic nitrogens is 2. The van der Waals surface area contributed by atoms with Crippen molar-refractivity contribution in [1.82, 2.24) is 14.9 Å². The highest BCUT2D eigenvalue weighted by atomic mass is 15.1. The maximum Gasteiger partial charge on any atom is 0.105 e. The Morgan fingerprint density at radius 3 is 2.71 bits per heavy atom. The summed E-state index contributed by atoms with van der Waals surface area (Å²) in [6.45, 7) is 6.48. The van der Waals surface area contributed by atoms with Crippen LogP contribution in [0.25, 0.3) is 0 Å². The van der Waals surface area contributed by atoms with Gasteiger partial charge in [0.15, 0.2) is 0 Å². The number of aryl methyl sites for hydroxylation is 2. The molecule has 14 heavy (non-hydrogen) atoms. The van der Waals surface area contributed by atoms with E-state index in [1.807, 2.05) is 0 Å². The van der Waals surface area contributed by atoms with Crippen molar-refractivity contribution in [3.8, 4) is 0 Å². The summed E-state index contributed by atoms with van der Waals surface area (Å²) < 4.78 is 2.24. The van der Waals surface area contributed by atoms with Crippen LogP contribution in [0, 0.1) is 13.8 Å². The first-order chi connectivity index (χ1) is 6.70. The fraction of sp³-hybridized carbons (Fsp3) is 0.727. The van der Waals surface area contributed by atoms with Gasteiger partial charge in [-0.15, -0.1) is 0 Å². The molecule has 0 saturated carbocycles. The molecule has 1 N–H and O–H groups in total. The lowest BCUT2D eigenvalue weighted by Gasteiger charge is -2.23. The second-order valence-electron chi connectivity index (χ2n) is 4.23. The molecule has 78 valence electrons. The first kappa shape index (κ1) is 9.71. The summed E-state index contributed by atoms with van der Waals surface area (Å²) in [5.41, 5.74) is 2.63. The molecule has 1 aliphatic heterocycles. The van der Waals surface area contributed by atoms with Crippen LogP contribution < -0.4 is 5.32 Å². The lowest BCUT2D eigenvalue weighted by Crippen LogP contribution is -2.29. The predicted octanol–water partition coefficient (Wildman–Crippen LogP) is 1.50. The van der Waals surface area contributed by atoms with Crippen LogP contribution in [0.1, 0.15) is 36.0 Å². The van der Waals surface area contributed by atoms with Crippen molar-refractivity contribution in [3.63, 3.8) is 0 Å². The van der Waals surface area contributed by atoms with E-state index in [0.717, 1.165) is 12.4 Å². The van der Waals surface area contributed by atoms with Gasteiger partial charge in [0.25, 0.3) is 0 Å². The SMILES string of the molecule is Cc1nc(C)n(C)c1C1CCCNC1. The molecule has 1 unspecified atom stereocenters. The summed E-state index contributed by atoms with van der Waals surface area (Å²) in [6.07, 6.45) is 2.58. The normalized spacial score (nSPS) is 22.6. The molecule has 0 bridgehead atoms. The number of hydrogen-bond acceptors (Lipinski definition) is 2.